The summed E-state index contributed by atoms with van der Waals surface area (Å²) in [6.07, 6.45) is 3.53. The van der Waals surface area contributed by atoms with Gasteiger partial charge < -0.3 is 4.90 Å². The molecule has 7 aromatic carbocycles. The van der Waals surface area contributed by atoms with Gasteiger partial charge in [0, 0.05) is 22.4 Å². The second-order valence-electron chi connectivity index (χ2n) is 16.1. The summed E-state index contributed by atoms with van der Waals surface area (Å²) < 4.78 is 0. The maximum atomic E-state index is 2.60. The zero-order valence-corrected chi connectivity index (χ0v) is 31.0. The number of allylic oxidation sites excluding steroid dienone is 4. The van der Waals surface area contributed by atoms with Gasteiger partial charge in [0.2, 0.25) is 0 Å². The quantitative estimate of drug-likeness (QED) is 0.178. The van der Waals surface area contributed by atoms with Crippen LogP contribution in [-0.2, 0) is 10.8 Å². The van der Waals surface area contributed by atoms with Crippen LogP contribution >= 0.6 is 0 Å². The summed E-state index contributed by atoms with van der Waals surface area (Å²) in [5.74, 6) is 0.307. The van der Waals surface area contributed by atoms with Gasteiger partial charge in [-0.15, -0.1) is 0 Å². The fourth-order valence-corrected chi connectivity index (χ4v) is 10.7. The van der Waals surface area contributed by atoms with Crippen LogP contribution in [0.1, 0.15) is 60.6 Å². The number of benzene rings is 7. The lowest BCUT2D eigenvalue weighted by molar-refractivity contribution is 0.660. The molecule has 1 unspecified atom stereocenters. The SMILES string of the molecule is CC1CC(N(c2ccc3c(c2)C(C)(C)c2ccccc2-3)c2ccccc2-c2ccccc2)=CC2=C1c1ccccc1C21c2ccccc2-c2ccccc21. The third-order valence-electron chi connectivity index (χ3n) is 12.9. The zero-order valence-electron chi connectivity index (χ0n) is 31.0. The number of rotatable bonds is 4. The van der Waals surface area contributed by atoms with Crippen molar-refractivity contribution in [1.29, 1.82) is 0 Å². The molecule has 0 amide bonds. The van der Waals surface area contributed by atoms with Crippen molar-refractivity contribution in [3.05, 3.63) is 221 Å². The largest absolute Gasteiger partial charge is 0.314 e. The van der Waals surface area contributed by atoms with E-state index >= 15 is 0 Å². The van der Waals surface area contributed by atoms with Crippen molar-refractivity contribution in [3.63, 3.8) is 0 Å². The molecule has 4 aliphatic carbocycles. The first-order chi connectivity index (χ1) is 26.5. The molecule has 1 atom stereocenters. The van der Waals surface area contributed by atoms with Crippen molar-refractivity contribution in [2.45, 2.75) is 38.0 Å². The van der Waals surface area contributed by atoms with Crippen molar-refractivity contribution >= 4 is 16.9 Å². The second kappa shape index (κ2) is 11.4. The van der Waals surface area contributed by atoms with E-state index in [0.717, 1.165) is 6.42 Å². The molecule has 0 aliphatic heterocycles. The fourth-order valence-electron chi connectivity index (χ4n) is 10.7. The van der Waals surface area contributed by atoms with E-state index in [1.165, 1.54) is 95.0 Å². The molecule has 1 nitrogen and oxygen atoms in total. The Morgan fingerprint density at radius 2 is 0.981 bits per heavy atom. The van der Waals surface area contributed by atoms with Crippen LogP contribution < -0.4 is 4.90 Å². The maximum Gasteiger partial charge on any atom is 0.0723 e. The van der Waals surface area contributed by atoms with Gasteiger partial charge >= 0.3 is 0 Å². The molecule has 0 heterocycles. The molecule has 0 saturated heterocycles. The van der Waals surface area contributed by atoms with Gasteiger partial charge in [0.15, 0.2) is 0 Å². The number of para-hydroxylation sites is 1. The Hall–Kier alpha value is -6.18. The minimum atomic E-state index is -0.384. The first kappa shape index (κ1) is 31.4. The van der Waals surface area contributed by atoms with Crippen LogP contribution in [0, 0.1) is 5.92 Å². The first-order valence-corrected chi connectivity index (χ1v) is 19.4. The lowest BCUT2D eigenvalue weighted by Gasteiger charge is -2.38. The van der Waals surface area contributed by atoms with Crippen LogP contribution in [0.15, 0.2) is 187 Å². The maximum absolute atomic E-state index is 2.60. The van der Waals surface area contributed by atoms with E-state index < -0.39 is 0 Å². The lowest BCUT2D eigenvalue weighted by atomic mass is 9.68. The van der Waals surface area contributed by atoms with Gasteiger partial charge in [0.1, 0.15) is 0 Å². The van der Waals surface area contributed by atoms with Gasteiger partial charge in [-0.1, -0.05) is 172 Å². The highest BCUT2D eigenvalue weighted by molar-refractivity contribution is 5.97. The monoisotopic (exact) mass is 691 g/mol. The van der Waals surface area contributed by atoms with Crippen LogP contribution in [0.4, 0.5) is 11.4 Å². The molecule has 1 spiro atoms. The van der Waals surface area contributed by atoms with E-state index in [9.17, 15) is 0 Å². The predicted molar refractivity (Wildman–Crippen MR) is 225 cm³/mol. The Balaban J connectivity index is 1.19. The molecule has 0 aromatic heterocycles. The van der Waals surface area contributed by atoms with Crippen LogP contribution in [0.2, 0.25) is 0 Å². The summed E-state index contributed by atoms with van der Waals surface area (Å²) in [5, 5.41) is 0. The van der Waals surface area contributed by atoms with E-state index in [1.807, 2.05) is 0 Å². The molecule has 7 aromatic rings. The Morgan fingerprint density at radius 1 is 0.481 bits per heavy atom. The van der Waals surface area contributed by atoms with Gasteiger partial charge in [-0.3, -0.25) is 0 Å². The lowest BCUT2D eigenvalue weighted by Crippen LogP contribution is -2.29. The van der Waals surface area contributed by atoms with Gasteiger partial charge in [0.05, 0.1) is 11.1 Å². The van der Waals surface area contributed by atoms with Crippen LogP contribution in [0.5, 0.6) is 0 Å². The molecule has 11 rings (SSSR count). The van der Waals surface area contributed by atoms with Crippen molar-refractivity contribution in [2.24, 2.45) is 5.92 Å². The van der Waals surface area contributed by atoms with Crippen molar-refractivity contribution in [1.82, 2.24) is 0 Å². The second-order valence-corrected chi connectivity index (χ2v) is 16.1. The molecule has 1 heteroatoms. The Labute approximate surface area is 318 Å². The molecule has 4 aliphatic rings. The Kier molecular flexibility index (Phi) is 6.62. The average molecular weight is 692 g/mol. The molecule has 0 saturated carbocycles. The molecular weight excluding hydrogens is 651 g/mol. The highest BCUT2D eigenvalue weighted by Gasteiger charge is 2.54. The van der Waals surface area contributed by atoms with Crippen LogP contribution in [0.3, 0.4) is 0 Å². The topological polar surface area (TPSA) is 3.24 Å². The minimum absolute atomic E-state index is 0.106. The number of hydrogen-bond acceptors (Lipinski definition) is 1. The van der Waals surface area contributed by atoms with E-state index in [4.69, 9.17) is 0 Å². The number of nitrogens with zero attached hydrogens (tertiary/aromatic N) is 1. The van der Waals surface area contributed by atoms with E-state index in [2.05, 4.69) is 202 Å². The highest BCUT2D eigenvalue weighted by atomic mass is 15.2. The minimum Gasteiger partial charge on any atom is -0.314 e. The Morgan fingerprint density at radius 3 is 1.65 bits per heavy atom. The third-order valence-corrected chi connectivity index (χ3v) is 12.9. The summed E-state index contributed by atoms with van der Waals surface area (Å²) >= 11 is 0. The summed E-state index contributed by atoms with van der Waals surface area (Å²) in [6, 6.07) is 63.6. The highest BCUT2D eigenvalue weighted by Crippen LogP contribution is 2.65. The predicted octanol–water partition coefficient (Wildman–Crippen LogP) is 13.5. The van der Waals surface area contributed by atoms with Crippen molar-refractivity contribution in [2.75, 3.05) is 4.90 Å². The number of hydrogen-bond donors (Lipinski definition) is 0. The summed E-state index contributed by atoms with van der Waals surface area (Å²) in [4.78, 5) is 2.60. The van der Waals surface area contributed by atoms with Gasteiger partial charge in [0.25, 0.3) is 0 Å². The van der Waals surface area contributed by atoms with Gasteiger partial charge in [-0.25, -0.2) is 0 Å². The number of anilines is 2. The molecule has 54 heavy (non-hydrogen) atoms. The van der Waals surface area contributed by atoms with E-state index in [1.54, 1.807) is 0 Å². The molecule has 0 bridgehead atoms. The molecule has 0 radical (unpaired) electrons. The zero-order chi connectivity index (χ0) is 36.2. The van der Waals surface area contributed by atoms with Gasteiger partial charge in [-0.05, 0) is 109 Å². The molecule has 0 N–H and O–H groups in total. The summed E-state index contributed by atoms with van der Waals surface area (Å²) in [6.45, 7) is 7.23. The summed E-state index contributed by atoms with van der Waals surface area (Å²) in [7, 11) is 0. The molecule has 0 fully saturated rings. The fraction of sp³-hybridized carbons (Fsp3) is 0.132. The van der Waals surface area contributed by atoms with Gasteiger partial charge in [-0.2, -0.15) is 0 Å². The standard InChI is InChI=1S/C53H41N/c1-34-31-37(33-49-51(34)43-23-10-15-27-47(43)53(49)45-25-13-8-21-40(45)41-22-9-14-26-46(41)53)54(50-28-16-11-19-38(50)35-17-5-4-6-18-35)36-29-30-42-39-20-7-12-24-44(39)52(2,3)48(42)32-36/h4-30,32-34H,31H2,1-3H3. The molecule has 258 valence electrons. The Bertz CT molecular complexity index is 2700. The van der Waals surface area contributed by atoms with Crippen molar-refractivity contribution in [3.8, 4) is 33.4 Å². The normalized spacial score (nSPS) is 17.6. The first-order valence-electron chi connectivity index (χ1n) is 19.4. The van der Waals surface area contributed by atoms with E-state index in [-0.39, 0.29) is 10.8 Å². The molecular formula is C53H41N. The summed E-state index contributed by atoms with van der Waals surface area (Å²) in [5.41, 5.74) is 22.4. The van der Waals surface area contributed by atoms with Crippen LogP contribution in [0.25, 0.3) is 39.0 Å². The van der Waals surface area contributed by atoms with Crippen LogP contribution in [-0.4, -0.2) is 0 Å². The average Bonchev–Trinajstić information content (AvgIpc) is 3.78. The van der Waals surface area contributed by atoms with E-state index in [0.29, 0.717) is 5.92 Å². The smallest absolute Gasteiger partial charge is 0.0723 e. The number of fused-ring (bicyclic) bond motifs is 12. The third kappa shape index (κ3) is 4.10. The van der Waals surface area contributed by atoms with Crippen molar-refractivity contribution < 1.29 is 0 Å².